The zero-order valence-corrected chi connectivity index (χ0v) is 42.4. The second kappa shape index (κ2) is 21.2. The van der Waals surface area contributed by atoms with Gasteiger partial charge in [-0.05, 0) is 98.7 Å². The molecule has 22 nitrogen and oxygen atoms in total. The van der Waals surface area contributed by atoms with Crippen molar-refractivity contribution < 1.29 is 109 Å². The molecule has 0 aromatic heterocycles. The molecule has 0 radical (unpaired) electrons. The van der Waals surface area contributed by atoms with Crippen molar-refractivity contribution in [3.63, 3.8) is 0 Å². The van der Waals surface area contributed by atoms with Crippen LogP contribution >= 0.6 is 0 Å². The summed E-state index contributed by atoms with van der Waals surface area (Å²) in [6.07, 6.45) is -23.0. The first-order chi connectivity index (χ1) is 34.7. The van der Waals surface area contributed by atoms with Crippen LogP contribution in [0.2, 0.25) is 0 Å². The van der Waals surface area contributed by atoms with Gasteiger partial charge in [-0.15, -0.1) is 0 Å². The smallest absolute Gasteiger partial charge is 0.187 e. The second-order valence-corrected chi connectivity index (χ2v) is 23.9. The van der Waals surface area contributed by atoms with Gasteiger partial charge in [0.05, 0.1) is 44.7 Å². The summed E-state index contributed by atoms with van der Waals surface area (Å²) < 4.78 is 61.8. The summed E-state index contributed by atoms with van der Waals surface area (Å²) >= 11 is 0. The summed E-state index contributed by atoms with van der Waals surface area (Å²) in [4.78, 5) is 0. The summed E-state index contributed by atoms with van der Waals surface area (Å²) in [6, 6.07) is 0. The zero-order valence-electron chi connectivity index (χ0n) is 42.4. The van der Waals surface area contributed by atoms with Crippen molar-refractivity contribution in [3.8, 4) is 0 Å². The van der Waals surface area contributed by atoms with Crippen LogP contribution < -0.4 is 0 Å². The Labute approximate surface area is 425 Å². The SMILES string of the molecule is C[C@H]1CC[C@]2(OC1)O[C@@H]1C[C@@H]3[C@H]4CC=C5C[C@H](O[C@H]6O[C@@H](CO)[C@H](O[C@H]7O[C@@H](CO)[C@H](O)[C@@H](O[C@H]8O[C@@H](CO)[C@H](O)[C@@H](O)[C@@H]8O)[C@@H]7O)[C@@H](O)[C@@H]6O[C@H]6O[C@H](C)[C@@H](O)[C@H](O)[C@@H]6O)CC[C@@]5(C)[C@@H]4CC[C@@]3(C)[C@@H]1[C@H]2C. The number of fused-ring (bicyclic) bond motifs is 7. The van der Waals surface area contributed by atoms with Crippen LogP contribution in [-0.4, -0.2) is 229 Å². The van der Waals surface area contributed by atoms with Gasteiger partial charge in [-0.25, -0.2) is 0 Å². The minimum Gasteiger partial charge on any atom is -0.394 e. The molecule has 6 aliphatic heterocycles. The van der Waals surface area contributed by atoms with E-state index in [0.717, 1.165) is 51.6 Å². The normalized spacial score (nSPS) is 57.1. The Bertz CT molecular complexity index is 1920. The maximum atomic E-state index is 12.3. The molecular formula is C51H82O22. The quantitative estimate of drug-likeness (QED) is 0.1000. The van der Waals surface area contributed by atoms with E-state index in [0.29, 0.717) is 48.3 Å². The Kier molecular flexibility index (Phi) is 16.0. The van der Waals surface area contributed by atoms with Crippen LogP contribution in [0, 0.1) is 46.3 Å². The average molecular weight is 1050 g/mol. The van der Waals surface area contributed by atoms with Gasteiger partial charge in [0.2, 0.25) is 0 Å². The van der Waals surface area contributed by atoms with Crippen LogP contribution in [0.3, 0.4) is 0 Å². The van der Waals surface area contributed by atoms with E-state index in [1.54, 1.807) is 0 Å². The molecule has 3 saturated carbocycles. The van der Waals surface area contributed by atoms with Gasteiger partial charge >= 0.3 is 0 Å². The number of allylic oxidation sites excluding steroid dienone is 1. The minimum absolute atomic E-state index is 0.0914. The van der Waals surface area contributed by atoms with Crippen LogP contribution in [0.15, 0.2) is 11.6 Å². The number of hydrogen-bond donors (Lipinski definition) is 12. The third-order valence-electron chi connectivity index (χ3n) is 19.8. The largest absolute Gasteiger partial charge is 0.394 e. The fraction of sp³-hybridized carbons (Fsp3) is 0.961. The lowest BCUT2D eigenvalue weighted by atomic mass is 9.47. The highest BCUT2D eigenvalue weighted by molar-refractivity contribution is 5.26. The molecule has 4 aliphatic carbocycles. The van der Waals surface area contributed by atoms with Crippen LogP contribution in [0.25, 0.3) is 0 Å². The van der Waals surface area contributed by atoms with E-state index in [2.05, 4.69) is 33.8 Å². The first kappa shape index (κ1) is 55.2. The van der Waals surface area contributed by atoms with Crippen molar-refractivity contribution >= 4 is 0 Å². The molecular weight excluding hydrogens is 965 g/mol. The fourth-order valence-corrected chi connectivity index (χ4v) is 15.5. The summed E-state index contributed by atoms with van der Waals surface area (Å²) in [5.41, 5.74) is 1.35. The van der Waals surface area contributed by atoms with Crippen LogP contribution in [-0.2, 0) is 47.4 Å². The van der Waals surface area contributed by atoms with E-state index < -0.39 is 155 Å². The van der Waals surface area contributed by atoms with E-state index in [9.17, 15) is 61.3 Å². The number of aliphatic hydroxyl groups excluding tert-OH is 12. The molecule has 0 unspecified atom stereocenters. The molecule has 418 valence electrons. The second-order valence-electron chi connectivity index (χ2n) is 23.9. The maximum Gasteiger partial charge on any atom is 0.187 e. The first-order valence-corrected chi connectivity index (χ1v) is 26.9. The lowest BCUT2D eigenvalue weighted by Gasteiger charge is -2.59. The molecule has 10 rings (SSSR count). The standard InChI is InChI=1S/C51H82O22/c1-20-8-13-51(64-19-20)21(2)32-28(73-51)15-27-25-7-6-23-14-24(9-11-49(23,4)26(25)10-12-50(27,32)5)66-48-44(72-45-38(60)36(58)33(55)22(3)65-45)40(62)42(31(18-54)69-48)70-47-41(63)43(35(57)30(17-53)68-47)71-46-39(61)37(59)34(56)29(16-52)67-46/h6,20-22,24-48,52-63H,7-19H2,1-5H3/t20-,21+,22+,24+,25-,26+,27+,28+,29-,30-,31-,32+,33+,34-,35-,36-,37+,38-,39-,40+,41-,42-,43+,44-,45+,46+,47+,48-,49+,50+,51-/m0/s1. The lowest BCUT2D eigenvalue weighted by molar-refractivity contribution is -0.396. The highest BCUT2D eigenvalue weighted by Crippen LogP contribution is 2.71. The number of hydrogen-bond acceptors (Lipinski definition) is 22. The Morgan fingerprint density at radius 2 is 1.19 bits per heavy atom. The molecule has 0 aromatic carbocycles. The predicted octanol–water partition coefficient (Wildman–Crippen LogP) is -1.96. The fourth-order valence-electron chi connectivity index (χ4n) is 15.5. The van der Waals surface area contributed by atoms with Crippen molar-refractivity contribution in [2.24, 2.45) is 46.3 Å². The van der Waals surface area contributed by atoms with Gasteiger partial charge < -0.3 is 109 Å². The Morgan fingerprint density at radius 1 is 0.575 bits per heavy atom. The van der Waals surface area contributed by atoms with Crippen molar-refractivity contribution in [1.29, 1.82) is 0 Å². The number of aliphatic hydroxyl groups is 12. The van der Waals surface area contributed by atoms with Crippen LogP contribution in [0.5, 0.6) is 0 Å². The summed E-state index contributed by atoms with van der Waals surface area (Å²) in [6.45, 7) is 9.28. The van der Waals surface area contributed by atoms with Crippen molar-refractivity contribution in [1.82, 2.24) is 0 Å². The molecule has 0 amide bonds. The van der Waals surface area contributed by atoms with Crippen LogP contribution in [0.1, 0.15) is 92.4 Å². The molecule has 9 fully saturated rings. The molecule has 0 aromatic rings. The molecule has 6 saturated heterocycles. The lowest BCUT2D eigenvalue weighted by Crippen LogP contribution is -2.68. The minimum atomic E-state index is -2.00. The van der Waals surface area contributed by atoms with E-state index in [-0.39, 0.29) is 16.9 Å². The molecule has 6 heterocycles. The first-order valence-electron chi connectivity index (χ1n) is 26.9. The van der Waals surface area contributed by atoms with E-state index in [1.807, 2.05) is 0 Å². The zero-order chi connectivity index (χ0) is 52.2. The van der Waals surface area contributed by atoms with Crippen LogP contribution in [0.4, 0.5) is 0 Å². The molecule has 10 aliphatic rings. The Balaban J connectivity index is 0.857. The van der Waals surface area contributed by atoms with E-state index in [1.165, 1.54) is 12.5 Å². The molecule has 12 N–H and O–H groups in total. The summed E-state index contributed by atoms with van der Waals surface area (Å²) in [5.74, 6) is 2.32. The maximum absolute atomic E-state index is 12.3. The molecule has 31 atom stereocenters. The van der Waals surface area contributed by atoms with Gasteiger partial charge in [-0.3, -0.25) is 0 Å². The molecule has 1 spiro atoms. The van der Waals surface area contributed by atoms with Gasteiger partial charge in [-0.2, -0.15) is 0 Å². The third kappa shape index (κ3) is 9.42. The molecule has 0 bridgehead atoms. The molecule has 22 heteroatoms. The Morgan fingerprint density at radius 3 is 1.86 bits per heavy atom. The van der Waals surface area contributed by atoms with Crippen molar-refractivity contribution in [2.45, 2.75) is 233 Å². The van der Waals surface area contributed by atoms with Crippen molar-refractivity contribution in [2.75, 3.05) is 26.4 Å². The highest BCUT2D eigenvalue weighted by Gasteiger charge is 2.69. The molecule has 73 heavy (non-hydrogen) atoms. The van der Waals surface area contributed by atoms with E-state index >= 15 is 0 Å². The van der Waals surface area contributed by atoms with Gasteiger partial charge in [0.25, 0.3) is 0 Å². The van der Waals surface area contributed by atoms with E-state index in [4.69, 9.17) is 47.4 Å². The van der Waals surface area contributed by atoms with Gasteiger partial charge in [-0.1, -0.05) is 39.3 Å². The number of ether oxygens (including phenoxy) is 10. The predicted molar refractivity (Wildman–Crippen MR) is 247 cm³/mol. The number of rotatable bonds is 11. The summed E-state index contributed by atoms with van der Waals surface area (Å²) in [5, 5.41) is 130. The topological polar surface area (TPSA) is 335 Å². The average Bonchev–Trinajstić information content (AvgIpc) is 3.82. The summed E-state index contributed by atoms with van der Waals surface area (Å²) in [7, 11) is 0. The Hall–Kier alpha value is -1.14. The highest BCUT2D eigenvalue weighted by atomic mass is 16.8. The monoisotopic (exact) mass is 1050 g/mol. The van der Waals surface area contributed by atoms with Gasteiger partial charge in [0.1, 0.15) is 91.6 Å². The van der Waals surface area contributed by atoms with Crippen molar-refractivity contribution in [3.05, 3.63) is 11.6 Å². The van der Waals surface area contributed by atoms with Gasteiger partial charge in [0.15, 0.2) is 30.9 Å². The van der Waals surface area contributed by atoms with Gasteiger partial charge in [0, 0.05) is 12.3 Å². The third-order valence-corrected chi connectivity index (χ3v) is 19.8.